The Morgan fingerprint density at radius 3 is 2.94 bits per heavy atom. The Morgan fingerprint density at radius 2 is 2.17 bits per heavy atom. The summed E-state index contributed by atoms with van der Waals surface area (Å²) < 4.78 is 0. The Balaban J connectivity index is 2.10. The lowest BCUT2D eigenvalue weighted by Gasteiger charge is -2.19. The highest BCUT2D eigenvalue weighted by Gasteiger charge is 2.15. The van der Waals surface area contributed by atoms with Gasteiger partial charge in [0.05, 0.1) is 0 Å². The second kappa shape index (κ2) is 6.75. The van der Waals surface area contributed by atoms with E-state index in [1.165, 1.54) is 31.2 Å². The summed E-state index contributed by atoms with van der Waals surface area (Å²) in [4.78, 5) is 0. The zero-order chi connectivity index (χ0) is 12.8. The third kappa shape index (κ3) is 3.23. The maximum absolute atomic E-state index is 3.84. The summed E-state index contributed by atoms with van der Waals surface area (Å²) in [6, 6.07) is 7.58. The van der Waals surface area contributed by atoms with Crippen LogP contribution in [-0.2, 0) is 12.8 Å². The minimum Gasteiger partial charge on any atom is -0.310 e. The summed E-state index contributed by atoms with van der Waals surface area (Å²) in [5.74, 6) is 0. The highest BCUT2D eigenvalue weighted by molar-refractivity contribution is 5.36. The number of aryl methyl sites for hydroxylation is 2. The molecule has 0 spiro atoms. The molecule has 1 aliphatic rings. The first kappa shape index (κ1) is 13.4. The molecule has 0 bridgehead atoms. The predicted molar refractivity (Wildman–Crippen MR) is 78.9 cm³/mol. The lowest BCUT2D eigenvalue weighted by atomic mass is 9.98. The quantitative estimate of drug-likeness (QED) is 0.708. The molecule has 0 aromatic heterocycles. The van der Waals surface area contributed by atoms with E-state index >= 15 is 0 Å². The van der Waals surface area contributed by atoms with Crippen LogP contribution < -0.4 is 5.32 Å². The fourth-order valence-electron chi connectivity index (χ4n) is 2.80. The first-order valence-electron chi connectivity index (χ1n) is 7.31. The highest BCUT2D eigenvalue weighted by atomic mass is 14.9. The van der Waals surface area contributed by atoms with Crippen LogP contribution in [-0.4, -0.2) is 6.54 Å². The van der Waals surface area contributed by atoms with Crippen LogP contribution in [0.1, 0.15) is 55.3 Å². The number of nitrogens with one attached hydrogen (secondary N) is 1. The maximum atomic E-state index is 3.84. The molecule has 0 saturated carbocycles. The van der Waals surface area contributed by atoms with Gasteiger partial charge in [0.2, 0.25) is 0 Å². The molecule has 0 fully saturated rings. The summed E-state index contributed by atoms with van der Waals surface area (Å²) in [7, 11) is 0. The molecule has 1 unspecified atom stereocenters. The normalized spacial score (nSPS) is 15.4. The predicted octanol–water partition coefficient (Wildman–Crippen LogP) is 4.18. The van der Waals surface area contributed by atoms with Gasteiger partial charge in [-0.3, -0.25) is 0 Å². The fraction of sp³-hybridized carbons (Fsp3) is 0.529. The second-order valence-electron chi connectivity index (χ2n) is 5.25. The Hall–Kier alpha value is -1.08. The Labute approximate surface area is 111 Å². The molecule has 0 saturated heterocycles. The van der Waals surface area contributed by atoms with Crippen molar-refractivity contribution >= 4 is 0 Å². The van der Waals surface area contributed by atoms with Gasteiger partial charge in [0.25, 0.3) is 0 Å². The molecule has 98 valence electrons. The number of hydrogen-bond acceptors (Lipinski definition) is 1. The van der Waals surface area contributed by atoms with Crippen LogP contribution in [0.15, 0.2) is 30.9 Å². The van der Waals surface area contributed by atoms with Crippen LogP contribution in [0.3, 0.4) is 0 Å². The van der Waals surface area contributed by atoms with Crippen LogP contribution >= 0.6 is 0 Å². The van der Waals surface area contributed by atoms with Crippen LogP contribution in [0.5, 0.6) is 0 Å². The van der Waals surface area contributed by atoms with Crippen molar-refractivity contribution in [2.24, 2.45) is 0 Å². The molecule has 0 amide bonds. The van der Waals surface area contributed by atoms with E-state index in [2.05, 4.69) is 37.0 Å². The number of hydrogen-bond donors (Lipinski definition) is 1. The van der Waals surface area contributed by atoms with E-state index in [0.717, 1.165) is 19.4 Å². The number of benzene rings is 1. The van der Waals surface area contributed by atoms with Crippen molar-refractivity contribution in [1.82, 2.24) is 5.32 Å². The van der Waals surface area contributed by atoms with Gasteiger partial charge in [-0.2, -0.15) is 0 Å². The molecule has 1 aliphatic carbocycles. The summed E-state index contributed by atoms with van der Waals surface area (Å²) in [5.41, 5.74) is 4.61. The van der Waals surface area contributed by atoms with E-state index in [-0.39, 0.29) is 0 Å². The van der Waals surface area contributed by atoms with Gasteiger partial charge in [0.1, 0.15) is 0 Å². The van der Waals surface area contributed by atoms with E-state index < -0.39 is 0 Å². The maximum Gasteiger partial charge on any atom is 0.0323 e. The highest BCUT2D eigenvalue weighted by Crippen LogP contribution is 2.27. The van der Waals surface area contributed by atoms with Crippen molar-refractivity contribution in [3.05, 3.63) is 47.5 Å². The van der Waals surface area contributed by atoms with Gasteiger partial charge in [0, 0.05) is 6.04 Å². The van der Waals surface area contributed by atoms with Crippen LogP contribution in [0.4, 0.5) is 0 Å². The van der Waals surface area contributed by atoms with Crippen LogP contribution in [0.2, 0.25) is 0 Å². The molecule has 1 nitrogen and oxygen atoms in total. The zero-order valence-corrected chi connectivity index (χ0v) is 11.5. The van der Waals surface area contributed by atoms with Crippen LogP contribution in [0, 0.1) is 0 Å². The summed E-state index contributed by atoms with van der Waals surface area (Å²) in [5, 5.41) is 3.66. The van der Waals surface area contributed by atoms with E-state index in [9.17, 15) is 0 Å². The lowest BCUT2D eigenvalue weighted by Crippen LogP contribution is -2.22. The van der Waals surface area contributed by atoms with Crippen molar-refractivity contribution in [1.29, 1.82) is 0 Å². The Morgan fingerprint density at radius 1 is 1.33 bits per heavy atom. The lowest BCUT2D eigenvalue weighted by molar-refractivity contribution is 0.503. The number of fused-ring (bicyclic) bond motifs is 1. The van der Waals surface area contributed by atoms with E-state index in [1.54, 1.807) is 11.1 Å². The Bertz CT molecular complexity index is 395. The average molecular weight is 243 g/mol. The standard InChI is InChI=1S/C17H25N/c1-3-5-9-17(18-12-4-2)16-11-10-14-7-6-8-15(14)13-16/h3,10-11,13,17-18H,1,4-9,12H2,2H3. The molecule has 1 aromatic rings. The molecular weight excluding hydrogens is 218 g/mol. The zero-order valence-electron chi connectivity index (χ0n) is 11.5. The SMILES string of the molecule is C=CCCC(NCCC)c1ccc2c(c1)CCC2. The third-order valence-electron chi connectivity index (χ3n) is 3.83. The van der Waals surface area contributed by atoms with Gasteiger partial charge in [-0.1, -0.05) is 31.2 Å². The van der Waals surface area contributed by atoms with E-state index in [0.29, 0.717) is 6.04 Å². The smallest absolute Gasteiger partial charge is 0.0323 e. The number of rotatable bonds is 7. The molecule has 18 heavy (non-hydrogen) atoms. The average Bonchev–Trinajstić information content (AvgIpc) is 2.86. The molecule has 1 heteroatoms. The van der Waals surface area contributed by atoms with Crippen molar-refractivity contribution in [3.63, 3.8) is 0 Å². The molecule has 1 atom stereocenters. The Kier molecular flexibility index (Phi) is 5.00. The summed E-state index contributed by atoms with van der Waals surface area (Å²) in [6.45, 7) is 7.16. The first-order valence-corrected chi connectivity index (χ1v) is 7.31. The van der Waals surface area contributed by atoms with Gasteiger partial charge in [-0.05, 0) is 61.8 Å². The van der Waals surface area contributed by atoms with Crippen molar-refractivity contribution in [2.75, 3.05) is 6.54 Å². The first-order chi connectivity index (χ1) is 8.85. The molecule has 1 N–H and O–H groups in total. The second-order valence-corrected chi connectivity index (χ2v) is 5.25. The largest absolute Gasteiger partial charge is 0.310 e. The summed E-state index contributed by atoms with van der Waals surface area (Å²) >= 11 is 0. The van der Waals surface area contributed by atoms with Gasteiger partial charge in [-0.25, -0.2) is 0 Å². The van der Waals surface area contributed by atoms with Crippen molar-refractivity contribution < 1.29 is 0 Å². The minimum absolute atomic E-state index is 0.494. The number of allylic oxidation sites excluding steroid dienone is 1. The van der Waals surface area contributed by atoms with Crippen molar-refractivity contribution in [3.8, 4) is 0 Å². The third-order valence-corrected chi connectivity index (χ3v) is 3.83. The molecule has 0 heterocycles. The van der Waals surface area contributed by atoms with Gasteiger partial charge >= 0.3 is 0 Å². The van der Waals surface area contributed by atoms with E-state index in [4.69, 9.17) is 0 Å². The van der Waals surface area contributed by atoms with E-state index in [1.807, 2.05) is 6.08 Å². The topological polar surface area (TPSA) is 12.0 Å². The molecule has 0 aliphatic heterocycles. The van der Waals surface area contributed by atoms with Gasteiger partial charge < -0.3 is 5.32 Å². The van der Waals surface area contributed by atoms with Crippen molar-refractivity contribution in [2.45, 2.75) is 51.5 Å². The van der Waals surface area contributed by atoms with Gasteiger partial charge in [-0.15, -0.1) is 6.58 Å². The van der Waals surface area contributed by atoms with Gasteiger partial charge in [0.15, 0.2) is 0 Å². The molecule has 1 aromatic carbocycles. The van der Waals surface area contributed by atoms with Crippen LogP contribution in [0.25, 0.3) is 0 Å². The monoisotopic (exact) mass is 243 g/mol. The fourth-order valence-corrected chi connectivity index (χ4v) is 2.80. The summed E-state index contributed by atoms with van der Waals surface area (Å²) in [6.07, 6.45) is 9.32. The molecule has 2 rings (SSSR count). The minimum atomic E-state index is 0.494. The molecular formula is C17H25N. The molecule has 0 radical (unpaired) electrons.